The molecule has 0 radical (unpaired) electrons. The van der Waals surface area contributed by atoms with Gasteiger partial charge < -0.3 is 5.32 Å². The van der Waals surface area contributed by atoms with E-state index >= 15 is 0 Å². The van der Waals surface area contributed by atoms with Gasteiger partial charge in [-0.2, -0.15) is 5.10 Å². The zero-order chi connectivity index (χ0) is 24.3. The topological polar surface area (TPSA) is 88.9 Å². The molecule has 0 fully saturated rings. The van der Waals surface area contributed by atoms with Gasteiger partial charge in [-0.1, -0.05) is 37.0 Å². The van der Waals surface area contributed by atoms with Crippen molar-refractivity contribution < 1.29 is 18.4 Å². The third-order valence-corrected chi connectivity index (χ3v) is 5.58. The number of amides is 2. The van der Waals surface area contributed by atoms with Crippen molar-refractivity contribution in [3.63, 3.8) is 0 Å². The Labute approximate surface area is 203 Å². The van der Waals surface area contributed by atoms with Crippen LogP contribution in [0.15, 0.2) is 36.5 Å². The summed E-state index contributed by atoms with van der Waals surface area (Å²) >= 11 is 13.5. The predicted molar refractivity (Wildman–Crippen MR) is 126 cm³/mol. The number of hydrogen-bond acceptors (Lipinski definition) is 5. The molecule has 0 aliphatic rings. The van der Waals surface area contributed by atoms with Crippen molar-refractivity contribution in [1.29, 1.82) is 0 Å². The molecule has 174 valence electrons. The molecule has 0 atom stereocenters. The number of carbonyl (C=O) groups excluding carboxylic acids is 2. The summed E-state index contributed by atoms with van der Waals surface area (Å²) in [6.45, 7) is 5.47. The number of carbonyl (C=O) groups is 2. The number of rotatable bonds is 7. The summed E-state index contributed by atoms with van der Waals surface area (Å²) in [7, 11) is 0. The lowest BCUT2D eigenvalue weighted by Crippen LogP contribution is -2.23. The number of aromatic nitrogens is 3. The van der Waals surface area contributed by atoms with Crippen LogP contribution in [0.3, 0.4) is 0 Å². The molecule has 0 spiro atoms. The minimum atomic E-state index is -2.92. The molecule has 0 saturated heterocycles. The lowest BCUT2D eigenvalue weighted by atomic mass is 10.1. The van der Waals surface area contributed by atoms with Crippen LogP contribution < -0.4 is 10.0 Å². The smallest absolute Gasteiger partial charge is 0.282 e. The van der Waals surface area contributed by atoms with E-state index in [4.69, 9.17) is 23.2 Å². The normalized spacial score (nSPS) is 11.2. The third kappa shape index (κ3) is 5.82. The van der Waals surface area contributed by atoms with Crippen LogP contribution in [0, 0.1) is 6.92 Å². The minimum Gasteiger partial charge on any atom is -0.320 e. The number of anilines is 1. The molecule has 3 rings (SSSR count). The number of hydrogen-bond donors (Lipinski definition) is 2. The van der Waals surface area contributed by atoms with E-state index in [1.165, 1.54) is 30.3 Å². The van der Waals surface area contributed by atoms with Crippen LogP contribution in [-0.4, -0.2) is 31.8 Å². The Hall–Kier alpha value is -2.69. The quantitative estimate of drug-likeness (QED) is 0.386. The number of pyridine rings is 1. The molecule has 12 heteroatoms. The second kappa shape index (κ2) is 10.5. The monoisotopic (exact) mass is 513 g/mol. The maximum Gasteiger partial charge on any atom is 0.282 e. The Balaban J connectivity index is 2.03. The van der Waals surface area contributed by atoms with Gasteiger partial charge in [0.05, 0.1) is 16.3 Å². The predicted octanol–water partition coefficient (Wildman–Crippen LogP) is 5.86. The van der Waals surface area contributed by atoms with E-state index in [1.807, 2.05) is 13.8 Å². The largest absolute Gasteiger partial charge is 0.320 e. The summed E-state index contributed by atoms with van der Waals surface area (Å²) in [6, 6.07) is 6.98. The molecule has 0 bridgehead atoms. The molecular weight excluding hydrogens is 495 g/mol. The average Bonchev–Trinajstić information content (AvgIpc) is 3.19. The fourth-order valence-corrected chi connectivity index (χ4v) is 3.78. The molecule has 3 aromatic rings. The van der Waals surface area contributed by atoms with Gasteiger partial charge >= 0.3 is 0 Å². The van der Waals surface area contributed by atoms with Crippen molar-refractivity contribution in [2.45, 2.75) is 32.4 Å². The Morgan fingerprint density at radius 3 is 2.52 bits per heavy atom. The van der Waals surface area contributed by atoms with Gasteiger partial charge in [0, 0.05) is 16.5 Å². The lowest BCUT2D eigenvalue weighted by Gasteiger charge is -2.15. The van der Waals surface area contributed by atoms with Crippen LogP contribution in [0.25, 0.3) is 5.82 Å². The van der Waals surface area contributed by atoms with Gasteiger partial charge in [0.15, 0.2) is 5.82 Å². The van der Waals surface area contributed by atoms with E-state index in [0.29, 0.717) is 10.6 Å². The average molecular weight is 514 g/mol. The molecule has 2 heterocycles. The summed E-state index contributed by atoms with van der Waals surface area (Å²) in [5.74, 6) is -1.24. The summed E-state index contributed by atoms with van der Waals surface area (Å²) in [4.78, 5) is 30.0. The number of benzene rings is 1. The summed E-state index contributed by atoms with van der Waals surface area (Å²) in [5, 5.41) is 6.97. The highest BCUT2D eigenvalue weighted by molar-refractivity contribution is 7.98. The van der Waals surface area contributed by atoms with Crippen molar-refractivity contribution in [1.82, 2.24) is 19.5 Å². The van der Waals surface area contributed by atoms with E-state index in [2.05, 4.69) is 20.1 Å². The van der Waals surface area contributed by atoms with Crippen molar-refractivity contribution in [3.8, 4) is 5.82 Å². The summed E-state index contributed by atoms with van der Waals surface area (Å²) in [6.07, 6.45) is -1.53. The van der Waals surface area contributed by atoms with E-state index in [0.717, 1.165) is 10.7 Å². The number of nitrogens with zero attached hydrogens (tertiary/aromatic N) is 3. The lowest BCUT2D eigenvalue weighted by molar-refractivity contribution is 0.0985. The second-order valence-corrected chi connectivity index (χ2v) is 9.40. The zero-order valence-electron chi connectivity index (χ0n) is 17.7. The molecule has 2 aromatic heterocycles. The molecule has 0 aliphatic heterocycles. The van der Waals surface area contributed by atoms with Crippen LogP contribution in [0.5, 0.6) is 0 Å². The first-order valence-corrected chi connectivity index (χ1v) is 11.3. The van der Waals surface area contributed by atoms with E-state index in [-0.39, 0.29) is 33.0 Å². The fourth-order valence-electron chi connectivity index (χ4n) is 2.85. The van der Waals surface area contributed by atoms with Crippen LogP contribution in [0.1, 0.15) is 52.4 Å². The molecule has 2 amide bonds. The van der Waals surface area contributed by atoms with Crippen molar-refractivity contribution in [3.05, 3.63) is 69.1 Å². The number of alkyl halides is 2. The van der Waals surface area contributed by atoms with Crippen LogP contribution in [0.4, 0.5) is 14.5 Å². The highest BCUT2D eigenvalue weighted by atomic mass is 35.5. The molecule has 2 N–H and O–H groups in total. The molecule has 0 unspecified atom stereocenters. The van der Waals surface area contributed by atoms with Gasteiger partial charge in [-0.25, -0.2) is 18.4 Å². The van der Waals surface area contributed by atoms with Crippen LogP contribution >= 0.6 is 35.1 Å². The Morgan fingerprint density at radius 2 is 1.88 bits per heavy atom. The van der Waals surface area contributed by atoms with Crippen molar-refractivity contribution >= 4 is 52.7 Å². The van der Waals surface area contributed by atoms with Gasteiger partial charge in [-0.05, 0) is 54.8 Å². The zero-order valence-corrected chi connectivity index (χ0v) is 20.0. The maximum absolute atomic E-state index is 13.4. The number of halogens is 4. The third-order valence-electron chi connectivity index (χ3n) is 4.29. The van der Waals surface area contributed by atoms with Crippen LogP contribution in [-0.2, 0) is 0 Å². The van der Waals surface area contributed by atoms with Crippen LogP contribution in [0.2, 0.25) is 10.0 Å². The molecule has 33 heavy (non-hydrogen) atoms. The molecule has 0 aliphatic carbocycles. The number of nitrogens with one attached hydrogen (secondary N) is 2. The second-order valence-electron chi connectivity index (χ2n) is 7.17. The van der Waals surface area contributed by atoms with Crippen molar-refractivity contribution in [2.75, 3.05) is 5.32 Å². The molecular formula is C21H19Cl2F2N5O2S. The van der Waals surface area contributed by atoms with Gasteiger partial charge in [0.2, 0.25) is 0 Å². The maximum atomic E-state index is 13.4. The highest BCUT2D eigenvalue weighted by Gasteiger charge is 2.25. The number of aryl methyl sites for hydroxylation is 1. The Morgan fingerprint density at radius 1 is 1.15 bits per heavy atom. The van der Waals surface area contributed by atoms with E-state index in [1.54, 1.807) is 19.1 Å². The standard InChI is InChI=1S/C21H19Cl2F2N5O2S/c1-10(2)33-29-20(31)13-8-12(22)7-11(3)17(13)27-21(32)16-9-15(18(24)25)28-30(16)19-14(23)5-4-6-26-19/h4-10,18H,1-3H3,(H,27,32)(H,29,31). The first kappa shape index (κ1) is 24.9. The Bertz CT molecular complexity index is 1200. The highest BCUT2D eigenvalue weighted by Crippen LogP contribution is 2.29. The van der Waals surface area contributed by atoms with Crippen molar-refractivity contribution in [2.24, 2.45) is 0 Å². The van der Waals surface area contributed by atoms with Gasteiger partial charge in [0.1, 0.15) is 11.4 Å². The minimum absolute atomic E-state index is 0.00958. The molecule has 0 saturated carbocycles. The van der Waals surface area contributed by atoms with Gasteiger partial charge in [0.25, 0.3) is 18.2 Å². The van der Waals surface area contributed by atoms with E-state index < -0.39 is 23.9 Å². The Kier molecular flexibility index (Phi) is 7.93. The van der Waals surface area contributed by atoms with Gasteiger partial charge in [-0.15, -0.1) is 0 Å². The SMILES string of the molecule is Cc1cc(Cl)cc(C(=O)NSC(C)C)c1NC(=O)c1cc(C(F)F)nn1-c1ncccc1Cl. The fraction of sp³-hybridized carbons (Fsp3) is 0.238. The first-order chi connectivity index (χ1) is 15.6. The van der Waals surface area contributed by atoms with E-state index in [9.17, 15) is 18.4 Å². The summed E-state index contributed by atoms with van der Waals surface area (Å²) < 4.78 is 30.4. The summed E-state index contributed by atoms with van der Waals surface area (Å²) in [5.41, 5.74) is -0.0436. The van der Waals surface area contributed by atoms with Gasteiger partial charge in [-0.3, -0.25) is 14.3 Å². The molecule has 7 nitrogen and oxygen atoms in total. The first-order valence-electron chi connectivity index (χ1n) is 9.65. The molecule has 1 aromatic carbocycles.